The molecule has 18 heavy (non-hydrogen) atoms. The normalized spacial score (nSPS) is 10.3. The number of oxazole rings is 1. The molecule has 0 bridgehead atoms. The highest BCUT2D eigenvalue weighted by Crippen LogP contribution is 2.31. The summed E-state index contributed by atoms with van der Waals surface area (Å²) >= 11 is 1.35. The summed E-state index contributed by atoms with van der Waals surface area (Å²) in [5.74, 6) is 0.801. The Morgan fingerprint density at radius 3 is 2.78 bits per heavy atom. The monoisotopic (exact) mass is 259 g/mol. The molecule has 1 aromatic heterocycles. The lowest BCUT2D eigenvalue weighted by Crippen LogP contribution is -1.96. The molecule has 1 aromatic carbocycles. The smallest absolute Gasteiger partial charge is 0.261 e. The number of hydrogen-bond donors (Lipinski definition) is 1. The van der Waals surface area contributed by atoms with E-state index in [0.29, 0.717) is 17.3 Å². The number of aromatic nitrogens is 1. The zero-order valence-corrected chi connectivity index (χ0v) is 11.0. The van der Waals surface area contributed by atoms with E-state index < -0.39 is 0 Å². The molecule has 0 atom stereocenters. The Morgan fingerprint density at radius 1 is 1.44 bits per heavy atom. The van der Waals surface area contributed by atoms with Gasteiger partial charge >= 0.3 is 0 Å². The van der Waals surface area contributed by atoms with Gasteiger partial charge in [-0.25, -0.2) is 4.98 Å². The number of nitrogens with zero attached hydrogens (tertiary/aromatic N) is 2. The molecule has 2 aromatic rings. The molecule has 0 saturated carbocycles. The van der Waals surface area contributed by atoms with Crippen LogP contribution in [0.15, 0.2) is 32.7 Å². The van der Waals surface area contributed by atoms with Gasteiger partial charge in [0.2, 0.25) is 0 Å². The first kappa shape index (κ1) is 12.7. The van der Waals surface area contributed by atoms with Crippen LogP contribution in [0.3, 0.4) is 0 Å². The molecule has 0 amide bonds. The number of benzene rings is 1. The van der Waals surface area contributed by atoms with Crippen molar-refractivity contribution in [1.82, 2.24) is 4.98 Å². The van der Waals surface area contributed by atoms with Crippen molar-refractivity contribution in [2.45, 2.75) is 30.5 Å². The summed E-state index contributed by atoms with van der Waals surface area (Å²) in [6.45, 7) is 4.19. The minimum atomic E-state index is 0.427. The Hall–Kier alpha value is -1.77. The summed E-state index contributed by atoms with van der Waals surface area (Å²) in [6.07, 6.45) is 0. The van der Waals surface area contributed by atoms with Gasteiger partial charge in [-0.15, -0.1) is 0 Å². The van der Waals surface area contributed by atoms with Crippen LogP contribution in [0.5, 0.6) is 0 Å². The van der Waals surface area contributed by atoms with E-state index in [0.717, 1.165) is 21.9 Å². The fourth-order valence-corrected chi connectivity index (χ4v) is 2.35. The zero-order valence-electron chi connectivity index (χ0n) is 10.2. The van der Waals surface area contributed by atoms with Gasteiger partial charge in [0, 0.05) is 11.4 Å². The molecule has 0 aliphatic heterocycles. The number of hydrogen-bond acceptors (Lipinski definition) is 5. The predicted molar refractivity (Wildman–Crippen MR) is 69.1 cm³/mol. The van der Waals surface area contributed by atoms with Crippen LogP contribution >= 0.6 is 11.8 Å². The summed E-state index contributed by atoms with van der Waals surface area (Å²) in [5.41, 5.74) is 7.96. The lowest BCUT2D eigenvalue weighted by molar-refractivity contribution is 0.431. The van der Waals surface area contributed by atoms with Crippen LogP contribution in [0.1, 0.15) is 22.6 Å². The van der Waals surface area contributed by atoms with Crippen molar-refractivity contribution in [3.05, 3.63) is 40.8 Å². The Morgan fingerprint density at radius 2 is 2.22 bits per heavy atom. The van der Waals surface area contributed by atoms with Crippen LogP contribution in [-0.2, 0) is 6.54 Å². The average Bonchev–Trinajstić information content (AvgIpc) is 2.69. The maximum atomic E-state index is 9.12. The second-order valence-corrected chi connectivity index (χ2v) is 4.86. The number of nitrogens with two attached hydrogens (primary N) is 1. The highest BCUT2D eigenvalue weighted by atomic mass is 32.2. The van der Waals surface area contributed by atoms with Crippen molar-refractivity contribution in [3.63, 3.8) is 0 Å². The first-order chi connectivity index (χ1) is 8.63. The van der Waals surface area contributed by atoms with Crippen molar-refractivity contribution >= 4 is 11.8 Å². The lowest BCUT2D eigenvalue weighted by Gasteiger charge is -2.02. The average molecular weight is 259 g/mol. The Bertz CT molecular complexity index is 594. The minimum Gasteiger partial charge on any atom is -0.436 e. The standard InChI is InChI=1S/C13H13N3OS/c1-8-9(2)17-13(16-8)18-12-4-3-10(6-14)5-11(12)7-15/h3-5H,6,14H2,1-2H3. The summed E-state index contributed by atoms with van der Waals surface area (Å²) in [4.78, 5) is 5.12. The van der Waals surface area contributed by atoms with Crippen LogP contribution in [0.4, 0.5) is 0 Å². The molecule has 2 N–H and O–H groups in total. The SMILES string of the molecule is Cc1nc(Sc2ccc(CN)cc2C#N)oc1C. The van der Waals surface area contributed by atoms with E-state index in [9.17, 15) is 0 Å². The van der Waals surface area contributed by atoms with Crippen molar-refractivity contribution in [1.29, 1.82) is 5.26 Å². The fraction of sp³-hybridized carbons (Fsp3) is 0.231. The van der Waals surface area contributed by atoms with Crippen LogP contribution in [-0.4, -0.2) is 4.98 Å². The maximum Gasteiger partial charge on any atom is 0.261 e. The summed E-state index contributed by atoms with van der Waals surface area (Å²) < 4.78 is 5.49. The van der Waals surface area contributed by atoms with Crippen LogP contribution < -0.4 is 5.73 Å². The van der Waals surface area contributed by atoms with E-state index in [4.69, 9.17) is 15.4 Å². The van der Waals surface area contributed by atoms with E-state index >= 15 is 0 Å². The largest absolute Gasteiger partial charge is 0.436 e. The van der Waals surface area contributed by atoms with Gasteiger partial charge in [0.1, 0.15) is 11.8 Å². The van der Waals surface area contributed by atoms with Crippen molar-refractivity contribution in [2.75, 3.05) is 0 Å². The molecule has 4 nitrogen and oxygen atoms in total. The van der Waals surface area contributed by atoms with Gasteiger partial charge in [-0.2, -0.15) is 5.26 Å². The fourth-order valence-electron chi connectivity index (χ4n) is 1.46. The summed E-state index contributed by atoms with van der Waals surface area (Å²) in [6, 6.07) is 7.75. The van der Waals surface area contributed by atoms with Gasteiger partial charge in [-0.3, -0.25) is 0 Å². The summed E-state index contributed by atoms with van der Waals surface area (Å²) in [5, 5.41) is 9.68. The maximum absolute atomic E-state index is 9.12. The van der Waals surface area contributed by atoms with E-state index in [2.05, 4.69) is 11.1 Å². The van der Waals surface area contributed by atoms with Gasteiger partial charge in [0.25, 0.3) is 5.22 Å². The highest BCUT2D eigenvalue weighted by Gasteiger charge is 2.11. The third-order valence-corrected chi connectivity index (χ3v) is 3.53. The van der Waals surface area contributed by atoms with E-state index in [1.54, 1.807) is 6.07 Å². The van der Waals surface area contributed by atoms with E-state index in [1.165, 1.54) is 11.8 Å². The van der Waals surface area contributed by atoms with Crippen LogP contribution in [0.2, 0.25) is 0 Å². The second kappa shape index (κ2) is 5.25. The Kier molecular flexibility index (Phi) is 3.70. The molecular formula is C13H13N3OS. The van der Waals surface area contributed by atoms with E-state index in [1.807, 2.05) is 26.0 Å². The third-order valence-electron chi connectivity index (χ3n) is 2.61. The van der Waals surface area contributed by atoms with Gasteiger partial charge < -0.3 is 10.2 Å². The minimum absolute atomic E-state index is 0.427. The van der Waals surface area contributed by atoms with Gasteiger partial charge in [0.15, 0.2) is 0 Å². The molecule has 0 saturated heterocycles. The van der Waals surface area contributed by atoms with Crippen molar-refractivity contribution < 1.29 is 4.42 Å². The van der Waals surface area contributed by atoms with Gasteiger partial charge in [-0.05, 0) is 43.3 Å². The molecule has 1 heterocycles. The second-order valence-electron chi connectivity index (χ2n) is 3.87. The lowest BCUT2D eigenvalue weighted by atomic mass is 10.1. The highest BCUT2D eigenvalue weighted by molar-refractivity contribution is 7.99. The molecule has 92 valence electrons. The van der Waals surface area contributed by atoms with E-state index in [-0.39, 0.29) is 0 Å². The number of aryl methyl sites for hydroxylation is 2. The molecule has 0 fully saturated rings. The molecule has 0 spiro atoms. The molecule has 0 aliphatic carbocycles. The zero-order chi connectivity index (χ0) is 13.1. The number of rotatable bonds is 3. The summed E-state index contributed by atoms with van der Waals surface area (Å²) in [7, 11) is 0. The van der Waals surface area contributed by atoms with Crippen molar-refractivity contribution in [2.24, 2.45) is 5.73 Å². The van der Waals surface area contributed by atoms with Gasteiger partial charge in [0.05, 0.1) is 11.3 Å². The Balaban J connectivity index is 2.31. The molecule has 5 heteroatoms. The predicted octanol–water partition coefficient (Wildman–Crippen LogP) is 2.77. The molecule has 2 rings (SSSR count). The molecule has 0 unspecified atom stereocenters. The third kappa shape index (κ3) is 2.55. The van der Waals surface area contributed by atoms with Crippen molar-refractivity contribution in [3.8, 4) is 6.07 Å². The Labute approximate surface area is 110 Å². The van der Waals surface area contributed by atoms with Crippen LogP contribution in [0, 0.1) is 25.2 Å². The van der Waals surface area contributed by atoms with Crippen LogP contribution in [0.25, 0.3) is 0 Å². The molecule has 0 radical (unpaired) electrons. The quantitative estimate of drug-likeness (QED) is 0.917. The topological polar surface area (TPSA) is 75.8 Å². The first-order valence-corrected chi connectivity index (χ1v) is 6.30. The first-order valence-electron chi connectivity index (χ1n) is 5.49. The number of nitriles is 1. The molecule has 0 aliphatic rings. The molecular weight excluding hydrogens is 246 g/mol. The van der Waals surface area contributed by atoms with Gasteiger partial charge in [-0.1, -0.05) is 6.07 Å².